The van der Waals surface area contributed by atoms with Crippen molar-refractivity contribution in [2.75, 3.05) is 18.1 Å². The Bertz CT molecular complexity index is 1320. The van der Waals surface area contributed by atoms with Crippen molar-refractivity contribution in [1.29, 1.82) is 0 Å². The monoisotopic (exact) mass is 477 g/mol. The quantitative estimate of drug-likeness (QED) is 0.283. The van der Waals surface area contributed by atoms with E-state index in [1.165, 1.54) is 12.1 Å². The Kier molecular flexibility index (Phi) is 6.50. The van der Waals surface area contributed by atoms with Crippen molar-refractivity contribution in [2.24, 2.45) is 0 Å². The molecule has 1 aliphatic heterocycles. The Balaban J connectivity index is 1.30. The number of hydrogen-bond acceptors (Lipinski definition) is 3. The lowest BCUT2D eigenvalue weighted by atomic mass is 10.1. The smallest absolute Gasteiger partial charge is 0.227 e. The Morgan fingerprint density at radius 2 is 1.85 bits per heavy atom. The van der Waals surface area contributed by atoms with E-state index in [4.69, 9.17) is 21.3 Å². The third-order valence-electron chi connectivity index (χ3n) is 6.16. The number of carbonyl (C=O) groups is 1. The van der Waals surface area contributed by atoms with Crippen molar-refractivity contribution < 1.29 is 13.9 Å². The van der Waals surface area contributed by atoms with Gasteiger partial charge in [0.1, 0.15) is 17.4 Å². The van der Waals surface area contributed by atoms with E-state index in [-0.39, 0.29) is 17.6 Å². The zero-order valence-corrected chi connectivity index (χ0v) is 19.4. The molecule has 0 bridgehead atoms. The molecule has 5 nitrogen and oxygen atoms in total. The number of hydrogen-bond donors (Lipinski definition) is 0. The predicted octanol–water partition coefficient (Wildman–Crippen LogP) is 6.21. The Labute approximate surface area is 202 Å². The van der Waals surface area contributed by atoms with Crippen LogP contribution in [0.5, 0.6) is 5.75 Å². The van der Waals surface area contributed by atoms with Gasteiger partial charge in [-0.05, 0) is 55.3 Å². The average molecular weight is 478 g/mol. The molecule has 0 N–H and O–H groups in total. The van der Waals surface area contributed by atoms with Gasteiger partial charge in [-0.25, -0.2) is 9.37 Å². The number of aryl methyl sites for hydroxylation is 1. The molecule has 1 aromatic heterocycles. The molecule has 7 heteroatoms. The molecule has 4 aromatic rings. The van der Waals surface area contributed by atoms with E-state index < -0.39 is 0 Å². The SMILES string of the molecule is O=C1CC(c2nc3ccccc3n2CCCCOc2ccccc2Cl)CN1c1cccc(F)c1. The molecule has 1 atom stereocenters. The van der Waals surface area contributed by atoms with Gasteiger partial charge < -0.3 is 14.2 Å². The van der Waals surface area contributed by atoms with Gasteiger partial charge >= 0.3 is 0 Å². The Morgan fingerprint density at radius 1 is 1.03 bits per heavy atom. The molecule has 0 saturated carbocycles. The van der Waals surface area contributed by atoms with Gasteiger partial charge in [0.25, 0.3) is 0 Å². The number of anilines is 1. The maximum absolute atomic E-state index is 13.7. The minimum atomic E-state index is -0.347. The van der Waals surface area contributed by atoms with Crippen LogP contribution in [0.2, 0.25) is 5.02 Å². The molecule has 174 valence electrons. The van der Waals surface area contributed by atoms with Crippen LogP contribution in [0.25, 0.3) is 11.0 Å². The topological polar surface area (TPSA) is 47.4 Å². The fraction of sp³-hybridized carbons (Fsp3) is 0.259. The standard InChI is InChI=1S/C27H25ClFN3O2/c28-22-10-1-4-13-25(22)34-15-6-5-14-31-24-12-3-2-11-23(24)30-27(31)19-16-26(33)32(18-19)21-9-7-8-20(29)17-21/h1-4,7-13,17,19H,5-6,14-16,18H2. The highest BCUT2D eigenvalue weighted by atomic mass is 35.5. The van der Waals surface area contributed by atoms with E-state index in [0.29, 0.717) is 36.0 Å². The van der Waals surface area contributed by atoms with Crippen LogP contribution in [0.3, 0.4) is 0 Å². The number of nitrogens with zero attached hydrogens (tertiary/aromatic N) is 3. The van der Waals surface area contributed by atoms with Gasteiger partial charge in [-0.15, -0.1) is 0 Å². The summed E-state index contributed by atoms with van der Waals surface area (Å²) in [5, 5.41) is 0.610. The fourth-order valence-electron chi connectivity index (χ4n) is 4.53. The van der Waals surface area contributed by atoms with Crippen LogP contribution < -0.4 is 9.64 Å². The van der Waals surface area contributed by atoms with Crippen molar-refractivity contribution >= 4 is 34.2 Å². The van der Waals surface area contributed by atoms with Crippen LogP contribution in [-0.2, 0) is 11.3 Å². The molecule has 0 aliphatic carbocycles. The van der Waals surface area contributed by atoms with Crippen molar-refractivity contribution in [3.05, 3.63) is 89.5 Å². The van der Waals surface area contributed by atoms with Gasteiger partial charge in [0.2, 0.25) is 5.91 Å². The van der Waals surface area contributed by atoms with E-state index >= 15 is 0 Å². The average Bonchev–Trinajstić information content (AvgIpc) is 3.40. The molecule has 34 heavy (non-hydrogen) atoms. The molecule has 3 aromatic carbocycles. The van der Waals surface area contributed by atoms with Crippen molar-refractivity contribution in [3.63, 3.8) is 0 Å². The summed E-state index contributed by atoms with van der Waals surface area (Å²) in [4.78, 5) is 19.4. The molecule has 1 amide bonds. The number of aromatic nitrogens is 2. The first-order valence-corrected chi connectivity index (χ1v) is 11.9. The zero-order valence-electron chi connectivity index (χ0n) is 18.7. The van der Waals surface area contributed by atoms with Crippen LogP contribution in [0, 0.1) is 5.82 Å². The van der Waals surface area contributed by atoms with Gasteiger partial charge in [-0.2, -0.15) is 0 Å². The lowest BCUT2D eigenvalue weighted by molar-refractivity contribution is -0.117. The van der Waals surface area contributed by atoms with Gasteiger partial charge in [-0.3, -0.25) is 4.79 Å². The lowest BCUT2D eigenvalue weighted by Crippen LogP contribution is -2.24. The van der Waals surface area contributed by atoms with Crippen LogP contribution in [0.4, 0.5) is 10.1 Å². The molecule has 1 unspecified atom stereocenters. The molecule has 5 rings (SSSR count). The molecular weight excluding hydrogens is 453 g/mol. The molecule has 2 heterocycles. The number of fused-ring (bicyclic) bond motifs is 1. The predicted molar refractivity (Wildman–Crippen MR) is 132 cm³/mol. The zero-order chi connectivity index (χ0) is 23.5. The summed E-state index contributed by atoms with van der Waals surface area (Å²) >= 11 is 6.16. The summed E-state index contributed by atoms with van der Waals surface area (Å²) in [6.45, 7) is 1.83. The first-order chi connectivity index (χ1) is 16.6. The first kappa shape index (κ1) is 22.4. The third kappa shape index (κ3) is 4.64. The fourth-order valence-corrected chi connectivity index (χ4v) is 4.72. The van der Waals surface area contributed by atoms with Gasteiger partial charge in [0.15, 0.2) is 0 Å². The van der Waals surface area contributed by atoms with E-state index in [0.717, 1.165) is 36.2 Å². The number of para-hydroxylation sites is 3. The second-order valence-electron chi connectivity index (χ2n) is 8.48. The molecule has 1 aliphatic rings. The highest BCUT2D eigenvalue weighted by Crippen LogP contribution is 2.33. The van der Waals surface area contributed by atoms with E-state index in [1.807, 2.05) is 42.5 Å². The maximum Gasteiger partial charge on any atom is 0.227 e. The number of halogens is 2. The van der Waals surface area contributed by atoms with Crippen molar-refractivity contribution in [1.82, 2.24) is 9.55 Å². The number of amides is 1. The van der Waals surface area contributed by atoms with E-state index in [2.05, 4.69) is 10.6 Å². The second-order valence-corrected chi connectivity index (χ2v) is 8.89. The Morgan fingerprint density at radius 3 is 2.71 bits per heavy atom. The van der Waals surface area contributed by atoms with Gasteiger partial charge in [0, 0.05) is 31.1 Å². The van der Waals surface area contributed by atoms with E-state index in [9.17, 15) is 9.18 Å². The summed E-state index contributed by atoms with van der Waals surface area (Å²) in [6.07, 6.45) is 2.11. The largest absolute Gasteiger partial charge is 0.492 e. The Hall–Kier alpha value is -3.38. The summed E-state index contributed by atoms with van der Waals surface area (Å²) in [5.74, 6) is 1.19. The summed E-state index contributed by atoms with van der Waals surface area (Å²) in [5.41, 5.74) is 2.56. The lowest BCUT2D eigenvalue weighted by Gasteiger charge is -2.17. The molecule has 0 radical (unpaired) electrons. The van der Waals surface area contributed by atoms with Gasteiger partial charge in [0.05, 0.1) is 22.7 Å². The maximum atomic E-state index is 13.7. The van der Waals surface area contributed by atoms with Crippen LogP contribution in [0.1, 0.15) is 31.0 Å². The molecule has 0 spiro atoms. The van der Waals surface area contributed by atoms with Crippen LogP contribution in [0.15, 0.2) is 72.8 Å². The highest BCUT2D eigenvalue weighted by Gasteiger charge is 2.34. The molecular formula is C27H25ClFN3O2. The summed E-state index contributed by atoms with van der Waals surface area (Å²) in [7, 11) is 0. The minimum absolute atomic E-state index is 0.0117. The summed E-state index contributed by atoms with van der Waals surface area (Å²) < 4.78 is 21.8. The molecule has 1 fully saturated rings. The minimum Gasteiger partial charge on any atom is -0.492 e. The normalized spacial score (nSPS) is 15.9. The van der Waals surface area contributed by atoms with Crippen LogP contribution in [-0.4, -0.2) is 28.6 Å². The number of ether oxygens (including phenoxy) is 1. The summed E-state index contributed by atoms with van der Waals surface area (Å²) in [6, 6.07) is 21.7. The number of unbranched alkanes of at least 4 members (excludes halogenated alkanes) is 1. The number of carbonyl (C=O) groups excluding carboxylic acids is 1. The van der Waals surface area contributed by atoms with Crippen molar-refractivity contribution in [2.45, 2.75) is 31.7 Å². The number of imidazole rings is 1. The van der Waals surface area contributed by atoms with Crippen LogP contribution >= 0.6 is 11.6 Å². The third-order valence-corrected chi connectivity index (χ3v) is 6.48. The van der Waals surface area contributed by atoms with E-state index in [1.54, 1.807) is 17.0 Å². The number of rotatable bonds is 8. The van der Waals surface area contributed by atoms with Gasteiger partial charge in [-0.1, -0.05) is 41.9 Å². The first-order valence-electron chi connectivity index (χ1n) is 11.5. The number of benzene rings is 3. The highest BCUT2D eigenvalue weighted by molar-refractivity contribution is 6.32. The second kappa shape index (κ2) is 9.85. The molecule has 1 saturated heterocycles. The van der Waals surface area contributed by atoms with Crippen molar-refractivity contribution in [3.8, 4) is 5.75 Å².